The quantitative estimate of drug-likeness (QED) is 0.722. The average molecular weight is 253 g/mol. The molecule has 18 heavy (non-hydrogen) atoms. The van der Waals surface area contributed by atoms with Gasteiger partial charge in [-0.3, -0.25) is 0 Å². The lowest BCUT2D eigenvalue weighted by Gasteiger charge is -2.21. The van der Waals surface area contributed by atoms with Crippen LogP contribution in [0.1, 0.15) is 12.5 Å². The van der Waals surface area contributed by atoms with E-state index >= 15 is 0 Å². The fourth-order valence-electron chi connectivity index (χ4n) is 1.83. The molecule has 1 aromatic rings. The molecule has 1 rings (SSSR count). The van der Waals surface area contributed by atoms with E-state index in [1.165, 1.54) is 0 Å². The van der Waals surface area contributed by atoms with Crippen LogP contribution in [0.3, 0.4) is 0 Å². The van der Waals surface area contributed by atoms with Crippen LogP contribution in [-0.2, 0) is 11.3 Å². The lowest BCUT2D eigenvalue weighted by Crippen LogP contribution is -2.36. The Morgan fingerprint density at radius 3 is 2.44 bits per heavy atom. The number of ether oxygens (including phenoxy) is 1. The molecule has 0 aromatic heterocycles. The van der Waals surface area contributed by atoms with Crippen LogP contribution in [0.15, 0.2) is 30.3 Å². The molecule has 2 atom stereocenters. The van der Waals surface area contributed by atoms with Gasteiger partial charge in [-0.1, -0.05) is 30.3 Å². The first-order chi connectivity index (χ1) is 8.58. The van der Waals surface area contributed by atoms with E-state index in [2.05, 4.69) is 0 Å². The Morgan fingerprint density at radius 2 is 1.83 bits per heavy atom. The fraction of sp³-hybridized carbons (Fsp3) is 0.571. The van der Waals surface area contributed by atoms with Gasteiger partial charge in [-0.05, 0) is 19.5 Å². The van der Waals surface area contributed by atoms with Gasteiger partial charge >= 0.3 is 0 Å². The van der Waals surface area contributed by atoms with Crippen molar-refractivity contribution in [2.24, 2.45) is 0 Å². The number of hydrogen-bond acceptors (Lipinski definition) is 4. The highest BCUT2D eigenvalue weighted by Crippen LogP contribution is 2.01. The lowest BCUT2D eigenvalue weighted by molar-refractivity contribution is 0.00836. The van der Waals surface area contributed by atoms with Gasteiger partial charge in [0, 0.05) is 13.1 Å². The Morgan fingerprint density at radius 1 is 1.17 bits per heavy atom. The molecule has 0 heterocycles. The van der Waals surface area contributed by atoms with Gasteiger partial charge in [-0.2, -0.15) is 0 Å². The Hall–Kier alpha value is -0.940. The van der Waals surface area contributed by atoms with Gasteiger partial charge in [0.15, 0.2) is 0 Å². The molecule has 0 radical (unpaired) electrons. The Balaban J connectivity index is 2.15. The lowest BCUT2D eigenvalue weighted by atomic mass is 10.2. The van der Waals surface area contributed by atoms with Gasteiger partial charge in [0.2, 0.25) is 0 Å². The minimum Gasteiger partial charge on any atom is -0.392 e. The summed E-state index contributed by atoms with van der Waals surface area (Å²) < 4.78 is 5.45. The van der Waals surface area contributed by atoms with E-state index < -0.39 is 6.10 Å². The minimum atomic E-state index is -0.530. The fourth-order valence-corrected chi connectivity index (χ4v) is 1.83. The molecule has 2 unspecified atom stereocenters. The maximum Gasteiger partial charge on any atom is 0.0900 e. The van der Waals surface area contributed by atoms with E-state index in [9.17, 15) is 10.2 Å². The first-order valence-electron chi connectivity index (χ1n) is 6.24. The van der Waals surface area contributed by atoms with Crippen LogP contribution in [0.5, 0.6) is 0 Å². The molecule has 102 valence electrons. The molecule has 0 spiro atoms. The molecule has 0 bridgehead atoms. The number of nitrogens with zero attached hydrogens (tertiary/aromatic N) is 1. The van der Waals surface area contributed by atoms with Crippen molar-refractivity contribution in [3.8, 4) is 0 Å². The van der Waals surface area contributed by atoms with Crippen molar-refractivity contribution in [1.82, 2.24) is 4.90 Å². The average Bonchev–Trinajstić information content (AvgIpc) is 2.29. The molecule has 4 nitrogen and oxygen atoms in total. The Labute approximate surface area is 109 Å². The van der Waals surface area contributed by atoms with Gasteiger partial charge < -0.3 is 19.8 Å². The summed E-state index contributed by atoms with van der Waals surface area (Å²) in [6, 6.07) is 9.87. The van der Waals surface area contributed by atoms with E-state index in [1.807, 2.05) is 42.3 Å². The third-order valence-corrected chi connectivity index (χ3v) is 2.52. The zero-order valence-electron chi connectivity index (χ0n) is 11.1. The highest BCUT2D eigenvalue weighted by molar-refractivity contribution is 5.13. The number of hydrogen-bond donors (Lipinski definition) is 2. The second-order valence-electron chi connectivity index (χ2n) is 4.72. The van der Waals surface area contributed by atoms with E-state index in [0.29, 0.717) is 26.3 Å². The van der Waals surface area contributed by atoms with Crippen molar-refractivity contribution >= 4 is 0 Å². The molecule has 4 heteroatoms. The molecule has 0 aliphatic heterocycles. The standard InChI is InChI=1S/C14H23NO3/c1-12(16)8-15(2)9-14(17)11-18-10-13-6-4-3-5-7-13/h3-7,12,14,16-17H,8-11H2,1-2H3. The number of rotatable bonds is 8. The number of likely N-dealkylation sites (N-methyl/N-ethyl adjacent to an activating group) is 1. The summed E-state index contributed by atoms with van der Waals surface area (Å²) in [7, 11) is 1.87. The predicted molar refractivity (Wildman–Crippen MR) is 71.3 cm³/mol. The van der Waals surface area contributed by atoms with Gasteiger partial charge in [-0.25, -0.2) is 0 Å². The molecule has 1 aromatic carbocycles. The third-order valence-electron chi connectivity index (χ3n) is 2.52. The zero-order chi connectivity index (χ0) is 13.4. The summed E-state index contributed by atoms with van der Waals surface area (Å²) in [5, 5.41) is 19.0. The van der Waals surface area contributed by atoms with Crippen LogP contribution in [0, 0.1) is 0 Å². The second-order valence-corrected chi connectivity index (χ2v) is 4.72. The maximum atomic E-state index is 9.76. The number of aliphatic hydroxyl groups excluding tert-OH is 2. The molecular formula is C14H23NO3. The summed E-state index contributed by atoms with van der Waals surface area (Å²) in [6.45, 7) is 3.60. The summed E-state index contributed by atoms with van der Waals surface area (Å²) in [4.78, 5) is 1.89. The van der Waals surface area contributed by atoms with Gasteiger partial charge in [0.05, 0.1) is 25.4 Å². The highest BCUT2D eigenvalue weighted by Gasteiger charge is 2.10. The first-order valence-corrected chi connectivity index (χ1v) is 6.24. The van der Waals surface area contributed by atoms with Crippen molar-refractivity contribution < 1.29 is 14.9 Å². The monoisotopic (exact) mass is 253 g/mol. The maximum absolute atomic E-state index is 9.76. The topological polar surface area (TPSA) is 52.9 Å². The molecule has 0 saturated carbocycles. The molecule has 0 aliphatic carbocycles. The Bertz CT molecular complexity index is 316. The summed E-state index contributed by atoms with van der Waals surface area (Å²) in [6.07, 6.45) is -0.912. The van der Waals surface area contributed by atoms with Crippen LogP contribution < -0.4 is 0 Å². The van der Waals surface area contributed by atoms with Gasteiger partial charge in [0.1, 0.15) is 0 Å². The van der Waals surface area contributed by atoms with Crippen LogP contribution >= 0.6 is 0 Å². The van der Waals surface area contributed by atoms with Crippen LogP contribution in [0.25, 0.3) is 0 Å². The first kappa shape index (κ1) is 15.1. The van der Waals surface area contributed by atoms with Crippen molar-refractivity contribution in [2.75, 3.05) is 26.7 Å². The van der Waals surface area contributed by atoms with Crippen molar-refractivity contribution in [3.05, 3.63) is 35.9 Å². The van der Waals surface area contributed by atoms with Crippen LogP contribution in [-0.4, -0.2) is 54.1 Å². The van der Waals surface area contributed by atoms with Crippen molar-refractivity contribution in [3.63, 3.8) is 0 Å². The molecule has 0 aliphatic rings. The van der Waals surface area contributed by atoms with Crippen LogP contribution in [0.4, 0.5) is 0 Å². The SMILES string of the molecule is CC(O)CN(C)CC(O)COCc1ccccc1. The minimum absolute atomic E-state index is 0.305. The smallest absolute Gasteiger partial charge is 0.0900 e. The largest absolute Gasteiger partial charge is 0.392 e. The van der Waals surface area contributed by atoms with E-state index in [0.717, 1.165) is 5.56 Å². The summed E-state index contributed by atoms with van der Waals surface area (Å²) in [5.74, 6) is 0. The summed E-state index contributed by atoms with van der Waals surface area (Å²) >= 11 is 0. The number of aliphatic hydroxyl groups is 2. The van der Waals surface area contributed by atoms with E-state index in [-0.39, 0.29) is 6.10 Å². The van der Waals surface area contributed by atoms with E-state index in [1.54, 1.807) is 6.92 Å². The van der Waals surface area contributed by atoms with Gasteiger partial charge in [0.25, 0.3) is 0 Å². The highest BCUT2D eigenvalue weighted by atomic mass is 16.5. The molecule has 2 N–H and O–H groups in total. The Kier molecular flexibility index (Phi) is 6.90. The second kappa shape index (κ2) is 8.21. The molecular weight excluding hydrogens is 230 g/mol. The zero-order valence-corrected chi connectivity index (χ0v) is 11.1. The molecule has 0 saturated heterocycles. The number of benzene rings is 1. The van der Waals surface area contributed by atoms with Gasteiger partial charge in [-0.15, -0.1) is 0 Å². The third kappa shape index (κ3) is 6.71. The molecule has 0 amide bonds. The van der Waals surface area contributed by atoms with Crippen molar-refractivity contribution in [1.29, 1.82) is 0 Å². The predicted octanol–water partition coefficient (Wildman–Crippen LogP) is 0.877. The van der Waals surface area contributed by atoms with Crippen molar-refractivity contribution in [2.45, 2.75) is 25.7 Å². The summed E-state index contributed by atoms with van der Waals surface area (Å²) in [5.41, 5.74) is 1.10. The molecule has 0 fully saturated rings. The van der Waals surface area contributed by atoms with Crippen LogP contribution in [0.2, 0.25) is 0 Å². The van der Waals surface area contributed by atoms with E-state index in [4.69, 9.17) is 4.74 Å². The normalized spacial score (nSPS) is 14.7.